The normalized spacial score (nSPS) is 20.3. The average Bonchev–Trinajstić information content (AvgIpc) is 2.08. The Kier molecular flexibility index (Phi) is 4.56. The van der Waals surface area contributed by atoms with Crippen molar-refractivity contribution in [2.75, 3.05) is 32.1 Å². The van der Waals surface area contributed by atoms with Gasteiger partial charge >= 0.3 is 0 Å². The molecule has 0 aromatic heterocycles. The zero-order valence-electron chi connectivity index (χ0n) is 8.88. The van der Waals surface area contributed by atoms with Crippen molar-refractivity contribution in [2.45, 2.75) is 31.2 Å². The van der Waals surface area contributed by atoms with E-state index in [2.05, 4.69) is 18.2 Å². The molecule has 0 aromatic carbocycles. The molecule has 1 saturated carbocycles. The Balaban J connectivity index is 2.03. The van der Waals surface area contributed by atoms with Crippen molar-refractivity contribution >= 4 is 11.8 Å². The number of rotatable bonds is 6. The zero-order valence-corrected chi connectivity index (χ0v) is 9.70. The second-order valence-corrected chi connectivity index (χ2v) is 5.25. The first-order valence-electron chi connectivity index (χ1n) is 5.13. The molecule has 0 aliphatic heterocycles. The van der Waals surface area contributed by atoms with E-state index in [1.165, 1.54) is 38.0 Å². The Morgan fingerprint density at radius 3 is 2.54 bits per heavy atom. The van der Waals surface area contributed by atoms with Gasteiger partial charge in [0.15, 0.2) is 0 Å². The van der Waals surface area contributed by atoms with E-state index in [9.17, 15) is 0 Å². The van der Waals surface area contributed by atoms with Crippen LogP contribution < -0.4 is 5.73 Å². The van der Waals surface area contributed by atoms with E-state index in [0.29, 0.717) is 0 Å². The number of nitrogens with two attached hydrogens (primary N) is 1. The van der Waals surface area contributed by atoms with Crippen LogP contribution in [0.2, 0.25) is 0 Å². The molecule has 0 aromatic rings. The molecule has 78 valence electrons. The molecule has 1 rings (SSSR count). The lowest BCUT2D eigenvalue weighted by Gasteiger charge is -2.39. The number of hydrogen-bond donors (Lipinski definition) is 1. The number of nitrogens with zero attached hydrogens (tertiary/aromatic N) is 1. The standard InChI is InChI=1S/C10H22N2S/c1-12(8-9-13-2)7-6-10(11)4-3-5-10/h3-9,11H2,1-2H3. The van der Waals surface area contributed by atoms with Crippen molar-refractivity contribution in [1.29, 1.82) is 0 Å². The predicted molar refractivity (Wildman–Crippen MR) is 61.3 cm³/mol. The third-order valence-corrected chi connectivity index (χ3v) is 3.61. The largest absolute Gasteiger partial charge is 0.325 e. The van der Waals surface area contributed by atoms with Gasteiger partial charge in [-0.2, -0.15) is 11.8 Å². The quantitative estimate of drug-likeness (QED) is 0.708. The van der Waals surface area contributed by atoms with Crippen LogP contribution in [0.4, 0.5) is 0 Å². The maximum Gasteiger partial charge on any atom is 0.0166 e. The van der Waals surface area contributed by atoms with Crippen molar-refractivity contribution in [2.24, 2.45) is 5.73 Å². The highest BCUT2D eigenvalue weighted by atomic mass is 32.2. The molecule has 1 aliphatic rings. The molecule has 0 radical (unpaired) electrons. The first-order valence-corrected chi connectivity index (χ1v) is 6.52. The molecule has 0 heterocycles. The van der Waals surface area contributed by atoms with Crippen molar-refractivity contribution < 1.29 is 0 Å². The number of hydrogen-bond acceptors (Lipinski definition) is 3. The van der Waals surface area contributed by atoms with E-state index < -0.39 is 0 Å². The van der Waals surface area contributed by atoms with E-state index in [0.717, 1.165) is 6.54 Å². The Morgan fingerprint density at radius 2 is 2.08 bits per heavy atom. The van der Waals surface area contributed by atoms with Crippen molar-refractivity contribution in [3.8, 4) is 0 Å². The maximum absolute atomic E-state index is 6.15. The van der Waals surface area contributed by atoms with Crippen LogP contribution in [0.1, 0.15) is 25.7 Å². The van der Waals surface area contributed by atoms with Gasteiger partial charge in [-0.25, -0.2) is 0 Å². The van der Waals surface area contributed by atoms with Gasteiger partial charge in [0.1, 0.15) is 0 Å². The van der Waals surface area contributed by atoms with Gasteiger partial charge in [-0.15, -0.1) is 0 Å². The molecule has 13 heavy (non-hydrogen) atoms. The smallest absolute Gasteiger partial charge is 0.0166 e. The van der Waals surface area contributed by atoms with Crippen LogP contribution >= 0.6 is 11.8 Å². The summed E-state index contributed by atoms with van der Waals surface area (Å²) in [7, 11) is 2.19. The molecule has 0 amide bonds. The van der Waals surface area contributed by atoms with Gasteiger partial charge in [0.2, 0.25) is 0 Å². The lowest BCUT2D eigenvalue weighted by Crippen LogP contribution is -2.48. The topological polar surface area (TPSA) is 29.3 Å². The van der Waals surface area contributed by atoms with Crippen LogP contribution in [0.15, 0.2) is 0 Å². The van der Waals surface area contributed by atoms with Crippen LogP contribution in [0.3, 0.4) is 0 Å². The summed E-state index contributed by atoms with van der Waals surface area (Å²) in [5.41, 5.74) is 6.35. The summed E-state index contributed by atoms with van der Waals surface area (Å²) in [5.74, 6) is 1.23. The molecule has 0 unspecified atom stereocenters. The minimum atomic E-state index is 0.202. The zero-order chi connectivity index (χ0) is 9.73. The predicted octanol–water partition coefficient (Wildman–Crippen LogP) is 1.55. The summed E-state index contributed by atoms with van der Waals surface area (Å²) < 4.78 is 0. The van der Waals surface area contributed by atoms with Gasteiger partial charge in [-0.05, 0) is 45.5 Å². The summed E-state index contributed by atoms with van der Waals surface area (Å²) in [5, 5.41) is 0. The summed E-state index contributed by atoms with van der Waals surface area (Å²) in [4.78, 5) is 2.39. The fourth-order valence-electron chi connectivity index (χ4n) is 1.65. The summed E-state index contributed by atoms with van der Waals surface area (Å²) in [6.07, 6.45) is 7.15. The summed E-state index contributed by atoms with van der Waals surface area (Å²) >= 11 is 1.91. The van der Waals surface area contributed by atoms with Gasteiger partial charge in [-0.3, -0.25) is 0 Å². The van der Waals surface area contributed by atoms with Crippen LogP contribution in [-0.2, 0) is 0 Å². The van der Waals surface area contributed by atoms with Crippen LogP contribution in [0, 0.1) is 0 Å². The van der Waals surface area contributed by atoms with Gasteiger partial charge in [0.05, 0.1) is 0 Å². The minimum absolute atomic E-state index is 0.202. The lowest BCUT2D eigenvalue weighted by atomic mass is 9.75. The fourth-order valence-corrected chi connectivity index (χ4v) is 2.15. The fraction of sp³-hybridized carbons (Fsp3) is 1.00. The Labute approximate surface area is 86.2 Å². The molecule has 1 aliphatic carbocycles. The minimum Gasteiger partial charge on any atom is -0.325 e. The highest BCUT2D eigenvalue weighted by Crippen LogP contribution is 2.31. The van der Waals surface area contributed by atoms with Crippen LogP contribution in [-0.4, -0.2) is 42.6 Å². The van der Waals surface area contributed by atoms with Gasteiger partial charge in [0, 0.05) is 17.8 Å². The molecular weight excluding hydrogens is 180 g/mol. The molecule has 1 fully saturated rings. The van der Waals surface area contributed by atoms with E-state index in [1.54, 1.807) is 0 Å². The first-order chi connectivity index (χ1) is 6.16. The monoisotopic (exact) mass is 202 g/mol. The van der Waals surface area contributed by atoms with E-state index in [1.807, 2.05) is 11.8 Å². The summed E-state index contributed by atoms with van der Waals surface area (Å²) in [6, 6.07) is 0. The van der Waals surface area contributed by atoms with Crippen molar-refractivity contribution in [1.82, 2.24) is 4.90 Å². The number of thioether (sulfide) groups is 1. The van der Waals surface area contributed by atoms with Gasteiger partial charge < -0.3 is 10.6 Å². The van der Waals surface area contributed by atoms with E-state index >= 15 is 0 Å². The van der Waals surface area contributed by atoms with E-state index in [4.69, 9.17) is 5.73 Å². The summed E-state index contributed by atoms with van der Waals surface area (Å²) in [6.45, 7) is 2.36. The second kappa shape index (κ2) is 5.23. The van der Waals surface area contributed by atoms with Crippen molar-refractivity contribution in [3.63, 3.8) is 0 Å². The Morgan fingerprint density at radius 1 is 1.38 bits per heavy atom. The SMILES string of the molecule is CSCCN(C)CCC1(N)CCC1. The third kappa shape index (κ3) is 3.88. The molecule has 2 nitrogen and oxygen atoms in total. The van der Waals surface area contributed by atoms with Gasteiger partial charge in [-0.1, -0.05) is 0 Å². The van der Waals surface area contributed by atoms with Crippen LogP contribution in [0.25, 0.3) is 0 Å². The molecular formula is C10H22N2S. The highest BCUT2D eigenvalue weighted by molar-refractivity contribution is 7.98. The Hall–Kier alpha value is 0.270. The maximum atomic E-state index is 6.15. The first kappa shape index (κ1) is 11.3. The Bertz CT molecular complexity index is 146. The lowest BCUT2D eigenvalue weighted by molar-refractivity contribution is 0.199. The molecule has 3 heteroatoms. The van der Waals surface area contributed by atoms with Crippen LogP contribution in [0.5, 0.6) is 0 Å². The second-order valence-electron chi connectivity index (χ2n) is 4.26. The van der Waals surface area contributed by atoms with E-state index in [-0.39, 0.29) is 5.54 Å². The molecule has 0 bridgehead atoms. The van der Waals surface area contributed by atoms with Crippen molar-refractivity contribution in [3.05, 3.63) is 0 Å². The van der Waals surface area contributed by atoms with Gasteiger partial charge in [0.25, 0.3) is 0 Å². The highest BCUT2D eigenvalue weighted by Gasteiger charge is 2.31. The average molecular weight is 202 g/mol. The third-order valence-electron chi connectivity index (χ3n) is 3.02. The molecule has 0 spiro atoms. The molecule has 0 saturated heterocycles. The molecule has 2 N–H and O–H groups in total. The molecule has 0 atom stereocenters.